The number of nitrogens with two attached hydrogens (primary N) is 1. The third-order valence-electron chi connectivity index (χ3n) is 2.37. The second-order valence-corrected chi connectivity index (χ2v) is 3.72. The van der Waals surface area contributed by atoms with Crippen molar-refractivity contribution in [3.8, 4) is 0 Å². The molecule has 2 N–H and O–H groups in total. The topological polar surface area (TPSA) is 68.9 Å². The standard InChI is InChI=1S/C11H8F3N3O/c1-5(18)9-7-4-6(11(12,13)14)2-3-8(7)16-10(15)17-9/h2-4H,1H3,(H2,15,16,17). The summed E-state index contributed by atoms with van der Waals surface area (Å²) in [6, 6.07) is 2.91. The summed E-state index contributed by atoms with van der Waals surface area (Å²) < 4.78 is 37.7. The van der Waals surface area contributed by atoms with Crippen LogP contribution in [-0.2, 0) is 6.18 Å². The average molecular weight is 255 g/mol. The van der Waals surface area contributed by atoms with E-state index < -0.39 is 17.5 Å². The van der Waals surface area contributed by atoms with Gasteiger partial charge in [-0.25, -0.2) is 9.97 Å². The number of ketones is 1. The third-order valence-corrected chi connectivity index (χ3v) is 2.37. The molecule has 2 aromatic rings. The van der Waals surface area contributed by atoms with E-state index in [1.807, 2.05) is 0 Å². The molecular weight excluding hydrogens is 247 g/mol. The third kappa shape index (κ3) is 2.11. The maximum atomic E-state index is 12.6. The molecule has 18 heavy (non-hydrogen) atoms. The minimum atomic E-state index is -4.48. The number of anilines is 1. The molecule has 4 nitrogen and oxygen atoms in total. The maximum absolute atomic E-state index is 12.6. The highest BCUT2D eigenvalue weighted by Gasteiger charge is 2.31. The Morgan fingerprint density at radius 2 is 1.94 bits per heavy atom. The number of hydrogen-bond donors (Lipinski definition) is 1. The van der Waals surface area contributed by atoms with E-state index in [1.54, 1.807) is 0 Å². The highest BCUT2D eigenvalue weighted by Crippen LogP contribution is 2.31. The van der Waals surface area contributed by atoms with Crippen molar-refractivity contribution < 1.29 is 18.0 Å². The largest absolute Gasteiger partial charge is 0.416 e. The number of benzene rings is 1. The lowest BCUT2D eigenvalue weighted by Crippen LogP contribution is -2.08. The van der Waals surface area contributed by atoms with Gasteiger partial charge in [-0.15, -0.1) is 0 Å². The molecule has 0 aliphatic carbocycles. The Morgan fingerprint density at radius 1 is 1.28 bits per heavy atom. The Morgan fingerprint density at radius 3 is 2.50 bits per heavy atom. The van der Waals surface area contributed by atoms with Gasteiger partial charge >= 0.3 is 6.18 Å². The van der Waals surface area contributed by atoms with Crippen LogP contribution in [0.5, 0.6) is 0 Å². The first kappa shape index (κ1) is 12.3. The molecule has 2 rings (SSSR count). The van der Waals surface area contributed by atoms with E-state index in [0.29, 0.717) is 0 Å². The van der Waals surface area contributed by atoms with Crippen LogP contribution in [0.2, 0.25) is 0 Å². The molecule has 0 aliphatic heterocycles. The van der Waals surface area contributed by atoms with Gasteiger partial charge in [-0.1, -0.05) is 0 Å². The summed E-state index contributed by atoms with van der Waals surface area (Å²) in [7, 11) is 0. The molecule has 0 saturated heterocycles. The molecule has 0 spiro atoms. The predicted molar refractivity (Wildman–Crippen MR) is 59.0 cm³/mol. The smallest absolute Gasteiger partial charge is 0.368 e. The molecule has 0 bridgehead atoms. The highest BCUT2D eigenvalue weighted by atomic mass is 19.4. The lowest BCUT2D eigenvalue weighted by atomic mass is 10.1. The molecule has 0 radical (unpaired) electrons. The Labute approximate surface area is 99.6 Å². The molecule has 94 valence electrons. The zero-order valence-corrected chi connectivity index (χ0v) is 9.25. The fourth-order valence-electron chi connectivity index (χ4n) is 1.59. The van der Waals surface area contributed by atoms with Crippen LogP contribution in [-0.4, -0.2) is 15.8 Å². The number of Topliss-reactive ketones (excluding diaryl/α,β-unsaturated/α-hetero) is 1. The normalized spacial score (nSPS) is 11.8. The summed E-state index contributed by atoms with van der Waals surface area (Å²) in [5, 5.41) is 0.0477. The number of alkyl halides is 3. The van der Waals surface area contributed by atoms with Crippen molar-refractivity contribution in [3.63, 3.8) is 0 Å². The van der Waals surface area contributed by atoms with Gasteiger partial charge in [0.15, 0.2) is 5.78 Å². The summed E-state index contributed by atoms with van der Waals surface area (Å²) in [6.07, 6.45) is -4.48. The molecule has 0 fully saturated rings. The first-order chi connectivity index (χ1) is 8.29. The monoisotopic (exact) mass is 255 g/mol. The van der Waals surface area contributed by atoms with Gasteiger partial charge in [0.05, 0.1) is 11.1 Å². The van der Waals surface area contributed by atoms with Crippen molar-refractivity contribution in [2.24, 2.45) is 0 Å². The fourth-order valence-corrected chi connectivity index (χ4v) is 1.59. The number of nitrogen functional groups attached to an aromatic ring is 1. The van der Waals surface area contributed by atoms with E-state index in [-0.39, 0.29) is 22.5 Å². The van der Waals surface area contributed by atoms with Crippen molar-refractivity contribution in [1.82, 2.24) is 9.97 Å². The quantitative estimate of drug-likeness (QED) is 0.794. The van der Waals surface area contributed by atoms with Gasteiger partial charge in [0.1, 0.15) is 5.69 Å². The summed E-state index contributed by atoms with van der Waals surface area (Å²) >= 11 is 0. The lowest BCUT2D eigenvalue weighted by molar-refractivity contribution is -0.137. The number of fused-ring (bicyclic) bond motifs is 1. The number of carbonyl (C=O) groups is 1. The fraction of sp³-hybridized carbons (Fsp3) is 0.182. The van der Waals surface area contributed by atoms with Crippen LogP contribution < -0.4 is 5.73 Å². The number of hydrogen-bond acceptors (Lipinski definition) is 4. The van der Waals surface area contributed by atoms with E-state index in [9.17, 15) is 18.0 Å². The Kier molecular flexibility index (Phi) is 2.68. The molecule has 0 amide bonds. The molecule has 0 atom stereocenters. The Bertz CT molecular complexity index is 637. The minimum absolute atomic E-state index is 0.0477. The van der Waals surface area contributed by atoms with Crippen molar-refractivity contribution in [2.75, 3.05) is 5.73 Å². The summed E-state index contributed by atoms with van der Waals surface area (Å²) in [5.41, 5.74) is 4.64. The number of nitrogens with zero attached hydrogens (tertiary/aromatic N) is 2. The minimum Gasteiger partial charge on any atom is -0.368 e. The van der Waals surface area contributed by atoms with Gasteiger partial charge < -0.3 is 5.73 Å². The highest BCUT2D eigenvalue weighted by molar-refractivity contribution is 6.04. The van der Waals surface area contributed by atoms with Gasteiger partial charge in [-0.3, -0.25) is 4.79 Å². The molecule has 7 heteroatoms. The van der Waals surface area contributed by atoms with E-state index in [0.717, 1.165) is 12.1 Å². The van der Waals surface area contributed by atoms with Crippen molar-refractivity contribution >= 4 is 22.6 Å². The summed E-state index contributed by atoms with van der Waals surface area (Å²) in [5.74, 6) is -0.610. The summed E-state index contributed by atoms with van der Waals surface area (Å²) in [4.78, 5) is 18.8. The van der Waals surface area contributed by atoms with Gasteiger partial charge in [0.2, 0.25) is 5.95 Å². The Balaban J connectivity index is 2.79. The van der Waals surface area contributed by atoms with Crippen LogP contribution in [0.25, 0.3) is 10.9 Å². The number of rotatable bonds is 1. The van der Waals surface area contributed by atoms with Crippen LogP contribution in [0, 0.1) is 0 Å². The van der Waals surface area contributed by atoms with Crippen LogP contribution in [0.1, 0.15) is 23.0 Å². The van der Waals surface area contributed by atoms with Gasteiger partial charge in [-0.05, 0) is 18.2 Å². The van der Waals surface area contributed by atoms with Crippen molar-refractivity contribution in [1.29, 1.82) is 0 Å². The van der Waals surface area contributed by atoms with Crippen LogP contribution in [0.3, 0.4) is 0 Å². The van der Waals surface area contributed by atoms with Crippen LogP contribution in [0.15, 0.2) is 18.2 Å². The van der Waals surface area contributed by atoms with Gasteiger partial charge in [0.25, 0.3) is 0 Å². The molecular formula is C11H8F3N3O. The molecule has 1 heterocycles. The molecule has 0 saturated carbocycles. The first-order valence-electron chi connectivity index (χ1n) is 4.94. The second-order valence-electron chi connectivity index (χ2n) is 3.72. The zero-order valence-electron chi connectivity index (χ0n) is 9.25. The Hall–Kier alpha value is -2.18. The van der Waals surface area contributed by atoms with Crippen LogP contribution in [0.4, 0.5) is 19.1 Å². The van der Waals surface area contributed by atoms with E-state index >= 15 is 0 Å². The zero-order chi connectivity index (χ0) is 13.5. The number of halogens is 3. The number of carbonyl (C=O) groups excluding carboxylic acids is 1. The molecule has 1 aromatic carbocycles. The first-order valence-corrected chi connectivity index (χ1v) is 4.94. The molecule has 0 unspecified atom stereocenters. The van der Waals surface area contributed by atoms with E-state index in [2.05, 4.69) is 9.97 Å². The second kappa shape index (κ2) is 3.94. The molecule has 1 aromatic heterocycles. The number of aromatic nitrogens is 2. The average Bonchev–Trinajstić information content (AvgIpc) is 2.25. The summed E-state index contributed by atoms with van der Waals surface area (Å²) in [6.45, 7) is 1.21. The maximum Gasteiger partial charge on any atom is 0.416 e. The van der Waals surface area contributed by atoms with Crippen LogP contribution >= 0.6 is 0 Å². The predicted octanol–water partition coefficient (Wildman–Crippen LogP) is 2.43. The lowest BCUT2D eigenvalue weighted by Gasteiger charge is -2.09. The van der Waals surface area contributed by atoms with E-state index in [1.165, 1.54) is 13.0 Å². The van der Waals surface area contributed by atoms with Crippen molar-refractivity contribution in [2.45, 2.75) is 13.1 Å². The molecule has 0 aliphatic rings. The van der Waals surface area contributed by atoms with Gasteiger partial charge in [-0.2, -0.15) is 13.2 Å². The van der Waals surface area contributed by atoms with E-state index in [4.69, 9.17) is 5.73 Å². The SMILES string of the molecule is CC(=O)c1nc(N)nc2ccc(C(F)(F)F)cc12. The van der Waals surface area contributed by atoms with Gasteiger partial charge in [0, 0.05) is 12.3 Å². The van der Waals surface area contributed by atoms with Crippen molar-refractivity contribution in [3.05, 3.63) is 29.5 Å².